The summed E-state index contributed by atoms with van der Waals surface area (Å²) in [4.78, 5) is 4.05. The lowest BCUT2D eigenvalue weighted by molar-refractivity contribution is 0.525. The number of rotatable bonds is 4. The number of aromatic nitrogens is 3. The van der Waals surface area contributed by atoms with Gasteiger partial charge in [-0.3, -0.25) is 4.98 Å². The summed E-state index contributed by atoms with van der Waals surface area (Å²) < 4.78 is 5.21. The molecule has 0 atom stereocenters. The standard InChI is InChI=1S/C10H11ClN4O/c1-7-2-3-12-5-8(7)6-13-10-15-14-9(4-11)16-10/h2-3,5H,4,6H2,1H3,(H,13,15). The van der Waals surface area contributed by atoms with Gasteiger partial charge in [-0.25, -0.2) is 0 Å². The van der Waals surface area contributed by atoms with Gasteiger partial charge in [-0.2, -0.15) is 0 Å². The molecule has 0 spiro atoms. The number of pyridine rings is 1. The Morgan fingerprint density at radius 3 is 3.00 bits per heavy atom. The number of nitrogens with zero attached hydrogens (tertiary/aromatic N) is 3. The summed E-state index contributed by atoms with van der Waals surface area (Å²) in [5, 5.41) is 10.6. The molecular weight excluding hydrogens is 228 g/mol. The summed E-state index contributed by atoms with van der Waals surface area (Å²) >= 11 is 5.55. The third kappa shape index (κ3) is 2.49. The number of anilines is 1. The lowest BCUT2D eigenvalue weighted by Crippen LogP contribution is -2.01. The summed E-state index contributed by atoms with van der Waals surface area (Å²) in [5.74, 6) is 0.632. The Bertz CT molecular complexity index is 471. The van der Waals surface area contributed by atoms with E-state index in [-0.39, 0.29) is 5.88 Å². The normalized spacial score (nSPS) is 10.4. The van der Waals surface area contributed by atoms with Gasteiger partial charge in [0.15, 0.2) is 0 Å². The van der Waals surface area contributed by atoms with Crippen molar-refractivity contribution in [1.82, 2.24) is 15.2 Å². The Morgan fingerprint density at radius 2 is 2.31 bits per heavy atom. The molecule has 84 valence electrons. The molecule has 2 heterocycles. The molecule has 2 aromatic rings. The van der Waals surface area contributed by atoms with Crippen LogP contribution in [0.15, 0.2) is 22.9 Å². The predicted molar refractivity (Wildman–Crippen MR) is 60.2 cm³/mol. The fourth-order valence-electron chi connectivity index (χ4n) is 1.23. The lowest BCUT2D eigenvalue weighted by Gasteiger charge is -2.03. The number of aryl methyl sites for hydroxylation is 1. The van der Waals surface area contributed by atoms with E-state index < -0.39 is 0 Å². The highest BCUT2D eigenvalue weighted by atomic mass is 35.5. The summed E-state index contributed by atoms with van der Waals surface area (Å²) in [6.07, 6.45) is 3.57. The first-order valence-corrected chi connectivity index (χ1v) is 5.34. The third-order valence-electron chi connectivity index (χ3n) is 2.16. The number of hydrogen-bond donors (Lipinski definition) is 1. The first-order valence-electron chi connectivity index (χ1n) is 4.81. The average Bonchev–Trinajstić information content (AvgIpc) is 2.76. The second kappa shape index (κ2) is 4.94. The molecule has 0 aliphatic heterocycles. The van der Waals surface area contributed by atoms with Crippen LogP contribution >= 0.6 is 11.6 Å². The third-order valence-corrected chi connectivity index (χ3v) is 2.39. The Hall–Kier alpha value is -1.62. The molecule has 1 N–H and O–H groups in total. The molecule has 0 saturated heterocycles. The van der Waals surface area contributed by atoms with E-state index in [4.69, 9.17) is 16.0 Å². The Kier molecular flexibility index (Phi) is 3.36. The van der Waals surface area contributed by atoms with Gasteiger partial charge in [0.05, 0.1) is 0 Å². The lowest BCUT2D eigenvalue weighted by atomic mass is 10.2. The van der Waals surface area contributed by atoms with E-state index in [0.29, 0.717) is 18.5 Å². The molecule has 16 heavy (non-hydrogen) atoms. The molecule has 5 nitrogen and oxygen atoms in total. The fourth-order valence-corrected chi connectivity index (χ4v) is 1.34. The highest BCUT2D eigenvalue weighted by Crippen LogP contribution is 2.10. The monoisotopic (exact) mass is 238 g/mol. The maximum atomic E-state index is 5.55. The van der Waals surface area contributed by atoms with Crippen LogP contribution in [0.3, 0.4) is 0 Å². The van der Waals surface area contributed by atoms with Gasteiger partial charge < -0.3 is 9.73 Å². The largest absolute Gasteiger partial charge is 0.407 e. The van der Waals surface area contributed by atoms with Crippen LogP contribution in [0.5, 0.6) is 0 Å². The number of hydrogen-bond acceptors (Lipinski definition) is 5. The van der Waals surface area contributed by atoms with Gasteiger partial charge in [0.2, 0.25) is 5.89 Å². The van der Waals surface area contributed by atoms with E-state index >= 15 is 0 Å². The molecule has 0 aromatic carbocycles. The Balaban J connectivity index is 1.99. The molecule has 2 rings (SSSR count). The SMILES string of the molecule is Cc1ccncc1CNc1nnc(CCl)o1. The fraction of sp³-hybridized carbons (Fsp3) is 0.300. The first kappa shape index (κ1) is 10.9. The molecule has 0 saturated carbocycles. The van der Waals surface area contributed by atoms with Crippen molar-refractivity contribution >= 4 is 17.6 Å². The smallest absolute Gasteiger partial charge is 0.315 e. The Morgan fingerprint density at radius 1 is 1.44 bits per heavy atom. The molecule has 0 aliphatic carbocycles. The second-order valence-electron chi connectivity index (χ2n) is 3.29. The number of alkyl halides is 1. The minimum atomic E-state index is 0.223. The Labute approximate surface area is 97.9 Å². The molecule has 0 bridgehead atoms. The second-order valence-corrected chi connectivity index (χ2v) is 3.56. The van der Waals surface area contributed by atoms with E-state index in [1.165, 1.54) is 5.56 Å². The molecule has 0 fully saturated rings. The van der Waals surface area contributed by atoms with E-state index in [9.17, 15) is 0 Å². The van der Waals surface area contributed by atoms with Gasteiger partial charge in [-0.05, 0) is 24.1 Å². The van der Waals surface area contributed by atoms with Gasteiger partial charge in [0.1, 0.15) is 5.88 Å². The average molecular weight is 239 g/mol. The van der Waals surface area contributed by atoms with Crippen molar-refractivity contribution < 1.29 is 4.42 Å². The number of halogens is 1. The van der Waals surface area contributed by atoms with Gasteiger partial charge >= 0.3 is 6.01 Å². The molecule has 0 amide bonds. The van der Waals surface area contributed by atoms with Crippen LogP contribution in [-0.2, 0) is 12.4 Å². The van der Waals surface area contributed by atoms with Crippen molar-refractivity contribution in [2.24, 2.45) is 0 Å². The topological polar surface area (TPSA) is 63.8 Å². The van der Waals surface area contributed by atoms with Crippen LogP contribution in [-0.4, -0.2) is 15.2 Å². The van der Waals surface area contributed by atoms with Crippen molar-refractivity contribution in [2.45, 2.75) is 19.3 Å². The minimum Gasteiger partial charge on any atom is -0.407 e. The zero-order valence-electron chi connectivity index (χ0n) is 8.77. The summed E-state index contributed by atoms with van der Waals surface area (Å²) in [7, 11) is 0. The first-order chi connectivity index (χ1) is 7.79. The highest BCUT2D eigenvalue weighted by Gasteiger charge is 2.04. The number of nitrogens with one attached hydrogen (secondary N) is 1. The molecular formula is C10H11ClN4O. The van der Waals surface area contributed by atoms with E-state index in [1.54, 1.807) is 12.4 Å². The summed E-state index contributed by atoms with van der Waals surface area (Å²) in [5.41, 5.74) is 2.26. The van der Waals surface area contributed by atoms with Crippen LogP contribution in [0.2, 0.25) is 0 Å². The van der Waals surface area contributed by atoms with Crippen molar-refractivity contribution in [3.8, 4) is 0 Å². The molecule has 0 radical (unpaired) electrons. The van der Waals surface area contributed by atoms with Crippen LogP contribution in [0, 0.1) is 6.92 Å². The van der Waals surface area contributed by atoms with E-state index in [1.807, 2.05) is 13.0 Å². The van der Waals surface area contributed by atoms with Gasteiger partial charge in [0.25, 0.3) is 0 Å². The molecule has 2 aromatic heterocycles. The quantitative estimate of drug-likeness (QED) is 0.827. The van der Waals surface area contributed by atoms with Crippen molar-refractivity contribution in [3.05, 3.63) is 35.5 Å². The van der Waals surface area contributed by atoms with Crippen LogP contribution in [0.4, 0.5) is 6.01 Å². The van der Waals surface area contributed by atoms with Crippen molar-refractivity contribution in [3.63, 3.8) is 0 Å². The zero-order chi connectivity index (χ0) is 11.4. The van der Waals surface area contributed by atoms with Gasteiger partial charge in [-0.1, -0.05) is 5.10 Å². The summed E-state index contributed by atoms with van der Waals surface area (Å²) in [6, 6.07) is 2.33. The van der Waals surface area contributed by atoms with E-state index in [2.05, 4.69) is 20.5 Å². The van der Waals surface area contributed by atoms with Crippen LogP contribution in [0.25, 0.3) is 0 Å². The minimum absolute atomic E-state index is 0.223. The van der Waals surface area contributed by atoms with Crippen LogP contribution < -0.4 is 5.32 Å². The predicted octanol–water partition coefficient (Wildman–Crippen LogP) is 2.12. The van der Waals surface area contributed by atoms with Gasteiger partial charge in [-0.15, -0.1) is 16.7 Å². The van der Waals surface area contributed by atoms with E-state index in [0.717, 1.165) is 5.56 Å². The van der Waals surface area contributed by atoms with Gasteiger partial charge in [0, 0.05) is 18.9 Å². The zero-order valence-corrected chi connectivity index (χ0v) is 9.53. The van der Waals surface area contributed by atoms with Crippen molar-refractivity contribution in [2.75, 3.05) is 5.32 Å². The molecule has 0 aliphatic rings. The molecule has 6 heteroatoms. The highest BCUT2D eigenvalue weighted by molar-refractivity contribution is 6.16. The maximum absolute atomic E-state index is 5.55. The maximum Gasteiger partial charge on any atom is 0.315 e. The van der Waals surface area contributed by atoms with Crippen LogP contribution in [0.1, 0.15) is 17.0 Å². The van der Waals surface area contributed by atoms with Crippen molar-refractivity contribution in [1.29, 1.82) is 0 Å². The summed E-state index contributed by atoms with van der Waals surface area (Å²) in [6.45, 7) is 2.63. The molecule has 0 unspecified atom stereocenters.